The molecule has 0 amide bonds. The van der Waals surface area contributed by atoms with Gasteiger partial charge in [0.2, 0.25) is 0 Å². The molecule has 1 aromatic carbocycles. The largest absolute Gasteiger partial charge is 0.329 e. The molecule has 0 saturated carbocycles. The molecule has 3 nitrogen and oxygen atoms in total. The van der Waals surface area contributed by atoms with Crippen molar-refractivity contribution < 1.29 is 0 Å². The lowest BCUT2D eigenvalue weighted by molar-refractivity contribution is 0.190. The molecular formula is C16H20ClN3. The fraction of sp³-hybridized carbons (Fsp3) is 0.312. The van der Waals surface area contributed by atoms with Crippen LogP contribution >= 0.6 is 11.6 Å². The smallest absolute Gasteiger partial charge is 0.0488 e. The highest BCUT2D eigenvalue weighted by Crippen LogP contribution is 2.28. The molecule has 0 radical (unpaired) electrons. The number of nitrogens with zero attached hydrogens (tertiary/aromatic N) is 2. The first-order chi connectivity index (χ1) is 9.63. The van der Waals surface area contributed by atoms with Crippen LogP contribution in [0.3, 0.4) is 0 Å². The third-order valence-electron chi connectivity index (χ3n) is 3.73. The van der Waals surface area contributed by atoms with Crippen molar-refractivity contribution in [2.75, 3.05) is 13.6 Å². The first-order valence-electron chi connectivity index (χ1n) is 6.71. The molecular weight excluding hydrogens is 270 g/mol. The van der Waals surface area contributed by atoms with E-state index in [2.05, 4.69) is 36.0 Å². The highest BCUT2D eigenvalue weighted by Gasteiger charge is 2.21. The van der Waals surface area contributed by atoms with E-state index in [1.54, 1.807) is 6.20 Å². The van der Waals surface area contributed by atoms with Crippen molar-refractivity contribution in [1.29, 1.82) is 0 Å². The fourth-order valence-corrected chi connectivity index (χ4v) is 2.58. The van der Waals surface area contributed by atoms with Crippen molar-refractivity contribution in [2.24, 2.45) is 5.73 Å². The van der Waals surface area contributed by atoms with E-state index in [1.807, 2.05) is 30.5 Å². The Labute approximate surface area is 125 Å². The summed E-state index contributed by atoms with van der Waals surface area (Å²) in [4.78, 5) is 6.43. The maximum atomic E-state index is 6.07. The van der Waals surface area contributed by atoms with Gasteiger partial charge in [-0.1, -0.05) is 29.8 Å². The highest BCUT2D eigenvalue weighted by molar-refractivity contribution is 6.30. The van der Waals surface area contributed by atoms with Crippen LogP contribution in [0.1, 0.15) is 30.1 Å². The third kappa shape index (κ3) is 3.37. The summed E-state index contributed by atoms with van der Waals surface area (Å²) < 4.78 is 0. The minimum atomic E-state index is 0.137. The average Bonchev–Trinajstić information content (AvgIpc) is 2.48. The van der Waals surface area contributed by atoms with Crippen LogP contribution in [0.5, 0.6) is 0 Å². The van der Waals surface area contributed by atoms with E-state index >= 15 is 0 Å². The normalized spacial score (nSPS) is 14.2. The lowest BCUT2D eigenvalue weighted by Crippen LogP contribution is -2.32. The minimum Gasteiger partial charge on any atom is -0.329 e. The summed E-state index contributed by atoms with van der Waals surface area (Å²) in [6, 6.07) is 12.3. The molecule has 2 rings (SSSR count). The summed E-state index contributed by atoms with van der Waals surface area (Å²) in [5.41, 5.74) is 8.27. The van der Waals surface area contributed by atoms with Crippen LogP contribution in [-0.4, -0.2) is 23.5 Å². The van der Waals surface area contributed by atoms with Gasteiger partial charge in [0.15, 0.2) is 0 Å². The summed E-state index contributed by atoms with van der Waals surface area (Å²) >= 11 is 6.07. The molecule has 0 fully saturated rings. The van der Waals surface area contributed by atoms with E-state index in [4.69, 9.17) is 17.3 Å². The first kappa shape index (κ1) is 15.0. The second-order valence-electron chi connectivity index (χ2n) is 4.93. The summed E-state index contributed by atoms with van der Waals surface area (Å²) in [5.74, 6) is 0. The Kier molecular flexibility index (Phi) is 5.12. The Hall–Kier alpha value is -1.42. The van der Waals surface area contributed by atoms with Gasteiger partial charge in [-0.25, -0.2) is 0 Å². The molecule has 0 saturated heterocycles. The molecule has 0 bridgehead atoms. The molecule has 2 unspecified atom stereocenters. The van der Waals surface area contributed by atoms with Gasteiger partial charge in [0.1, 0.15) is 0 Å². The molecule has 106 valence electrons. The zero-order valence-electron chi connectivity index (χ0n) is 11.8. The van der Waals surface area contributed by atoms with Crippen molar-refractivity contribution in [1.82, 2.24) is 9.88 Å². The zero-order chi connectivity index (χ0) is 14.5. The average molecular weight is 290 g/mol. The van der Waals surface area contributed by atoms with Crippen molar-refractivity contribution in [3.63, 3.8) is 0 Å². The molecule has 20 heavy (non-hydrogen) atoms. The minimum absolute atomic E-state index is 0.137. The van der Waals surface area contributed by atoms with Crippen LogP contribution in [0.25, 0.3) is 0 Å². The van der Waals surface area contributed by atoms with Crippen LogP contribution in [-0.2, 0) is 0 Å². The molecule has 0 aliphatic heterocycles. The van der Waals surface area contributed by atoms with Gasteiger partial charge in [0, 0.05) is 36.0 Å². The van der Waals surface area contributed by atoms with Crippen molar-refractivity contribution in [3.05, 3.63) is 64.9 Å². The van der Waals surface area contributed by atoms with E-state index in [0.29, 0.717) is 6.54 Å². The van der Waals surface area contributed by atoms with Gasteiger partial charge in [0.25, 0.3) is 0 Å². The van der Waals surface area contributed by atoms with Gasteiger partial charge in [-0.05, 0) is 43.3 Å². The highest BCUT2D eigenvalue weighted by atomic mass is 35.5. The number of likely N-dealkylation sites (N-methyl/N-ethyl adjacent to an activating group) is 1. The van der Waals surface area contributed by atoms with E-state index in [1.165, 1.54) is 5.56 Å². The standard InChI is InChI=1S/C16H20ClN3/c1-12(13-5-3-7-15(17)9-13)20(2)16(10-18)14-6-4-8-19-11-14/h3-9,11-12,16H,10,18H2,1-2H3. The number of halogens is 1. The summed E-state index contributed by atoms with van der Waals surface area (Å²) in [5, 5.41) is 0.758. The topological polar surface area (TPSA) is 42.1 Å². The Balaban J connectivity index is 2.22. The predicted octanol–water partition coefficient (Wildman–Crippen LogP) is 3.43. The second kappa shape index (κ2) is 6.84. The number of hydrogen-bond donors (Lipinski definition) is 1. The van der Waals surface area contributed by atoms with Gasteiger partial charge in [-0.3, -0.25) is 9.88 Å². The number of aromatic nitrogens is 1. The molecule has 2 N–H and O–H groups in total. The van der Waals surface area contributed by atoms with Crippen molar-refractivity contribution in [2.45, 2.75) is 19.0 Å². The molecule has 1 aromatic heterocycles. The molecule has 1 heterocycles. The van der Waals surface area contributed by atoms with Gasteiger partial charge in [-0.2, -0.15) is 0 Å². The Morgan fingerprint density at radius 1 is 1.25 bits per heavy atom. The van der Waals surface area contributed by atoms with Crippen LogP contribution in [0.4, 0.5) is 0 Å². The Bertz CT molecular complexity index is 544. The van der Waals surface area contributed by atoms with E-state index in [9.17, 15) is 0 Å². The van der Waals surface area contributed by atoms with Gasteiger partial charge >= 0.3 is 0 Å². The number of pyridine rings is 1. The fourth-order valence-electron chi connectivity index (χ4n) is 2.38. The molecule has 0 aliphatic carbocycles. The number of benzene rings is 1. The van der Waals surface area contributed by atoms with Crippen LogP contribution in [0.2, 0.25) is 5.02 Å². The quantitative estimate of drug-likeness (QED) is 0.917. The van der Waals surface area contributed by atoms with Crippen molar-refractivity contribution >= 4 is 11.6 Å². The Morgan fingerprint density at radius 3 is 2.60 bits per heavy atom. The van der Waals surface area contributed by atoms with E-state index in [-0.39, 0.29) is 12.1 Å². The van der Waals surface area contributed by atoms with E-state index in [0.717, 1.165) is 10.6 Å². The predicted molar refractivity (Wildman–Crippen MR) is 83.7 cm³/mol. The van der Waals surface area contributed by atoms with Crippen molar-refractivity contribution in [3.8, 4) is 0 Å². The summed E-state index contributed by atoms with van der Waals surface area (Å²) in [6.45, 7) is 2.71. The third-order valence-corrected chi connectivity index (χ3v) is 3.96. The lowest BCUT2D eigenvalue weighted by Gasteiger charge is -2.33. The maximum Gasteiger partial charge on any atom is 0.0488 e. The van der Waals surface area contributed by atoms with Gasteiger partial charge in [0.05, 0.1) is 0 Å². The maximum absolute atomic E-state index is 6.07. The monoisotopic (exact) mass is 289 g/mol. The first-order valence-corrected chi connectivity index (χ1v) is 7.08. The summed E-state index contributed by atoms with van der Waals surface area (Å²) in [6.07, 6.45) is 3.65. The molecule has 0 aliphatic rings. The molecule has 4 heteroatoms. The number of hydrogen-bond acceptors (Lipinski definition) is 3. The van der Waals surface area contributed by atoms with Crippen LogP contribution in [0.15, 0.2) is 48.8 Å². The number of nitrogens with two attached hydrogens (primary N) is 1. The van der Waals surface area contributed by atoms with Crippen LogP contribution < -0.4 is 5.73 Å². The molecule has 2 atom stereocenters. The molecule has 0 spiro atoms. The SMILES string of the molecule is CC(c1cccc(Cl)c1)N(C)C(CN)c1cccnc1. The zero-order valence-corrected chi connectivity index (χ0v) is 12.6. The van der Waals surface area contributed by atoms with E-state index < -0.39 is 0 Å². The lowest BCUT2D eigenvalue weighted by atomic mass is 10.0. The van der Waals surface area contributed by atoms with Gasteiger partial charge < -0.3 is 5.73 Å². The van der Waals surface area contributed by atoms with Gasteiger partial charge in [-0.15, -0.1) is 0 Å². The molecule has 2 aromatic rings. The number of rotatable bonds is 5. The summed E-state index contributed by atoms with van der Waals surface area (Å²) in [7, 11) is 2.08. The Morgan fingerprint density at radius 2 is 2.00 bits per heavy atom. The second-order valence-corrected chi connectivity index (χ2v) is 5.37. The van der Waals surface area contributed by atoms with Crippen LogP contribution in [0, 0.1) is 0 Å².